The first-order chi connectivity index (χ1) is 10.7. The summed E-state index contributed by atoms with van der Waals surface area (Å²) in [5.74, 6) is -0.733. The van der Waals surface area contributed by atoms with Crippen LogP contribution >= 0.6 is 0 Å². The van der Waals surface area contributed by atoms with Gasteiger partial charge in [-0.2, -0.15) is 0 Å². The molecule has 2 aromatic rings. The minimum absolute atomic E-state index is 0.335. The summed E-state index contributed by atoms with van der Waals surface area (Å²) in [4.78, 5) is 16.2. The van der Waals surface area contributed by atoms with E-state index in [-0.39, 0.29) is 5.91 Å². The lowest BCUT2D eigenvalue weighted by Crippen LogP contribution is -2.13. The van der Waals surface area contributed by atoms with Crippen molar-refractivity contribution in [2.45, 2.75) is 6.42 Å². The van der Waals surface area contributed by atoms with Crippen LogP contribution in [-0.2, 0) is 4.74 Å². The molecule has 116 valence electrons. The number of anilines is 2. The molecule has 2 N–H and O–H groups in total. The van der Waals surface area contributed by atoms with E-state index < -0.39 is 5.82 Å². The molecule has 6 heteroatoms. The monoisotopic (exact) mass is 303 g/mol. The minimum atomic E-state index is -0.399. The van der Waals surface area contributed by atoms with E-state index in [1.54, 1.807) is 25.4 Å². The Bertz CT molecular complexity index is 634. The number of methoxy groups -OCH3 is 1. The van der Waals surface area contributed by atoms with Crippen LogP contribution in [-0.4, -0.2) is 31.2 Å². The normalized spacial score (nSPS) is 10.3. The van der Waals surface area contributed by atoms with Gasteiger partial charge in [0.05, 0.1) is 11.3 Å². The highest BCUT2D eigenvalue weighted by Crippen LogP contribution is 2.13. The zero-order chi connectivity index (χ0) is 15.8. The number of hydrogen-bond acceptors (Lipinski definition) is 4. The number of carbonyl (C=O) groups is 1. The van der Waals surface area contributed by atoms with Crippen LogP contribution < -0.4 is 10.6 Å². The molecule has 0 aliphatic rings. The van der Waals surface area contributed by atoms with Gasteiger partial charge in [-0.1, -0.05) is 6.07 Å². The lowest BCUT2D eigenvalue weighted by molar-refractivity contribution is 0.102. The summed E-state index contributed by atoms with van der Waals surface area (Å²) in [5.41, 5.74) is 1.56. The Morgan fingerprint density at radius 1 is 1.27 bits per heavy atom. The van der Waals surface area contributed by atoms with Gasteiger partial charge in [-0.3, -0.25) is 9.78 Å². The average Bonchev–Trinajstić information content (AvgIpc) is 2.52. The molecule has 1 heterocycles. The fraction of sp³-hybridized carbons (Fsp3) is 0.250. The number of halogens is 1. The van der Waals surface area contributed by atoms with Gasteiger partial charge in [-0.15, -0.1) is 0 Å². The van der Waals surface area contributed by atoms with E-state index in [1.807, 2.05) is 0 Å². The highest BCUT2D eigenvalue weighted by molar-refractivity contribution is 6.04. The lowest BCUT2D eigenvalue weighted by atomic mass is 10.2. The predicted molar refractivity (Wildman–Crippen MR) is 83.6 cm³/mol. The summed E-state index contributed by atoms with van der Waals surface area (Å²) in [6, 6.07) is 7.45. The molecule has 0 spiro atoms. The van der Waals surface area contributed by atoms with Crippen LogP contribution in [0.2, 0.25) is 0 Å². The Morgan fingerprint density at radius 3 is 2.91 bits per heavy atom. The standard InChI is InChI=1S/C16H18FN3O2/c1-22-7-3-6-19-15-8-12(10-18-11-15)16(21)20-14-5-2-4-13(17)9-14/h2,4-5,8-11,19H,3,6-7H2,1H3,(H,20,21). The number of ether oxygens (including phenoxy) is 1. The van der Waals surface area contributed by atoms with Gasteiger partial charge in [0.25, 0.3) is 5.91 Å². The molecule has 0 radical (unpaired) electrons. The summed E-state index contributed by atoms with van der Waals surface area (Å²) in [6.07, 6.45) is 3.97. The fourth-order valence-corrected chi connectivity index (χ4v) is 1.88. The van der Waals surface area contributed by atoms with E-state index in [0.717, 1.165) is 18.7 Å². The second kappa shape index (κ2) is 8.09. The molecule has 0 aliphatic heterocycles. The number of carbonyl (C=O) groups excluding carboxylic acids is 1. The summed E-state index contributed by atoms with van der Waals surface area (Å²) < 4.78 is 18.1. The van der Waals surface area contributed by atoms with E-state index in [2.05, 4.69) is 15.6 Å². The van der Waals surface area contributed by atoms with Crippen molar-refractivity contribution in [1.82, 2.24) is 4.98 Å². The maximum atomic E-state index is 13.1. The third kappa shape index (κ3) is 4.82. The molecule has 1 aromatic carbocycles. The van der Waals surface area contributed by atoms with Gasteiger partial charge in [-0.05, 0) is 30.7 Å². The van der Waals surface area contributed by atoms with Crippen molar-refractivity contribution in [2.24, 2.45) is 0 Å². The van der Waals surface area contributed by atoms with Crippen LogP contribution in [0.1, 0.15) is 16.8 Å². The predicted octanol–water partition coefficient (Wildman–Crippen LogP) is 2.92. The van der Waals surface area contributed by atoms with Gasteiger partial charge in [-0.25, -0.2) is 4.39 Å². The Kier molecular flexibility index (Phi) is 5.85. The number of benzene rings is 1. The largest absolute Gasteiger partial charge is 0.385 e. The quantitative estimate of drug-likeness (QED) is 0.772. The van der Waals surface area contributed by atoms with Crippen molar-refractivity contribution in [3.05, 3.63) is 54.1 Å². The van der Waals surface area contributed by atoms with Crippen LogP contribution in [0.5, 0.6) is 0 Å². The van der Waals surface area contributed by atoms with Crippen LogP contribution in [0, 0.1) is 5.82 Å². The minimum Gasteiger partial charge on any atom is -0.385 e. The molecular weight excluding hydrogens is 285 g/mol. The zero-order valence-corrected chi connectivity index (χ0v) is 12.3. The van der Waals surface area contributed by atoms with Crippen molar-refractivity contribution in [3.8, 4) is 0 Å². The van der Waals surface area contributed by atoms with Crippen LogP contribution in [0.15, 0.2) is 42.7 Å². The highest BCUT2D eigenvalue weighted by atomic mass is 19.1. The number of nitrogens with one attached hydrogen (secondary N) is 2. The van der Waals surface area contributed by atoms with E-state index in [1.165, 1.54) is 24.4 Å². The van der Waals surface area contributed by atoms with E-state index in [9.17, 15) is 9.18 Å². The summed E-state index contributed by atoms with van der Waals surface area (Å²) in [5, 5.41) is 5.80. The van der Waals surface area contributed by atoms with Gasteiger partial charge < -0.3 is 15.4 Å². The molecule has 2 rings (SSSR count). The zero-order valence-electron chi connectivity index (χ0n) is 12.3. The molecule has 0 bridgehead atoms. The molecule has 22 heavy (non-hydrogen) atoms. The van der Waals surface area contributed by atoms with Gasteiger partial charge in [0.15, 0.2) is 0 Å². The second-order valence-corrected chi connectivity index (χ2v) is 4.70. The topological polar surface area (TPSA) is 63.2 Å². The van der Waals surface area contributed by atoms with Gasteiger partial charge >= 0.3 is 0 Å². The summed E-state index contributed by atoms with van der Waals surface area (Å²) in [7, 11) is 1.65. The second-order valence-electron chi connectivity index (χ2n) is 4.70. The number of aromatic nitrogens is 1. The van der Waals surface area contributed by atoms with Gasteiger partial charge in [0.1, 0.15) is 5.82 Å². The van der Waals surface area contributed by atoms with Crippen molar-refractivity contribution in [2.75, 3.05) is 30.9 Å². The number of hydrogen-bond donors (Lipinski definition) is 2. The van der Waals surface area contributed by atoms with Gasteiger partial charge in [0.2, 0.25) is 0 Å². The van der Waals surface area contributed by atoms with Crippen LogP contribution in [0.3, 0.4) is 0 Å². The van der Waals surface area contributed by atoms with Crippen LogP contribution in [0.25, 0.3) is 0 Å². The first-order valence-corrected chi connectivity index (χ1v) is 6.94. The SMILES string of the molecule is COCCCNc1cncc(C(=O)Nc2cccc(F)c2)c1. The third-order valence-electron chi connectivity index (χ3n) is 2.94. The number of rotatable bonds is 7. The molecular formula is C16H18FN3O2. The molecule has 0 fully saturated rings. The fourth-order valence-electron chi connectivity index (χ4n) is 1.88. The third-order valence-corrected chi connectivity index (χ3v) is 2.94. The van der Waals surface area contributed by atoms with E-state index in [0.29, 0.717) is 17.9 Å². The molecule has 0 aliphatic carbocycles. The molecule has 0 saturated carbocycles. The average molecular weight is 303 g/mol. The Labute approximate surface area is 128 Å². The van der Waals surface area contributed by atoms with E-state index >= 15 is 0 Å². The first-order valence-electron chi connectivity index (χ1n) is 6.94. The number of nitrogens with zero attached hydrogens (tertiary/aromatic N) is 1. The lowest BCUT2D eigenvalue weighted by Gasteiger charge is -2.08. The first kappa shape index (κ1) is 15.9. The molecule has 5 nitrogen and oxygen atoms in total. The Hall–Kier alpha value is -2.47. The summed E-state index contributed by atoms with van der Waals surface area (Å²) >= 11 is 0. The van der Waals surface area contributed by atoms with Crippen molar-refractivity contribution in [3.63, 3.8) is 0 Å². The molecule has 0 saturated heterocycles. The molecule has 1 amide bonds. The highest BCUT2D eigenvalue weighted by Gasteiger charge is 2.08. The number of pyridine rings is 1. The molecule has 0 unspecified atom stereocenters. The number of amides is 1. The van der Waals surface area contributed by atoms with Crippen molar-refractivity contribution < 1.29 is 13.9 Å². The maximum Gasteiger partial charge on any atom is 0.257 e. The van der Waals surface area contributed by atoms with Gasteiger partial charge in [0, 0.05) is 38.3 Å². The van der Waals surface area contributed by atoms with Crippen molar-refractivity contribution in [1.29, 1.82) is 0 Å². The Balaban J connectivity index is 1.97. The van der Waals surface area contributed by atoms with Crippen molar-refractivity contribution >= 4 is 17.3 Å². The smallest absolute Gasteiger partial charge is 0.257 e. The van der Waals surface area contributed by atoms with Crippen LogP contribution in [0.4, 0.5) is 15.8 Å². The van der Waals surface area contributed by atoms with E-state index in [4.69, 9.17) is 4.74 Å². The molecule has 1 aromatic heterocycles. The Morgan fingerprint density at radius 2 is 2.14 bits per heavy atom. The maximum absolute atomic E-state index is 13.1. The molecule has 0 atom stereocenters. The summed E-state index contributed by atoms with van der Waals surface area (Å²) in [6.45, 7) is 1.39.